The number of hydrogen-bond donors (Lipinski definition) is 6. The van der Waals surface area contributed by atoms with Crippen LogP contribution in [0, 0.1) is 0 Å². The summed E-state index contributed by atoms with van der Waals surface area (Å²) in [4.78, 5) is 15.4. The molecule has 4 aliphatic rings. The average molecular weight is 746 g/mol. The summed E-state index contributed by atoms with van der Waals surface area (Å²) >= 11 is 0. The van der Waals surface area contributed by atoms with Crippen LogP contribution in [0.3, 0.4) is 0 Å². The molecule has 2 aromatic rings. The number of anilines is 1. The molecular weight excluding hydrogens is 684 g/mol. The van der Waals surface area contributed by atoms with Crippen molar-refractivity contribution in [2.75, 3.05) is 38.3 Å². The van der Waals surface area contributed by atoms with Crippen molar-refractivity contribution in [1.29, 1.82) is 0 Å². The first-order chi connectivity index (χ1) is 25.8. The molecule has 6 N–H and O–H groups in total. The van der Waals surface area contributed by atoms with Crippen LogP contribution >= 0.6 is 0 Å². The Morgan fingerprint density at radius 2 is 1.61 bits per heavy atom. The highest BCUT2D eigenvalue weighted by Gasteiger charge is 2.45. The second-order valence-corrected chi connectivity index (χ2v) is 16.4. The zero-order chi connectivity index (χ0) is 38.6. The third-order valence-electron chi connectivity index (χ3n) is 12.0. The van der Waals surface area contributed by atoms with Gasteiger partial charge in [0.1, 0.15) is 31.5 Å². The zero-order valence-corrected chi connectivity index (χ0v) is 32.6. The van der Waals surface area contributed by atoms with Crippen LogP contribution in [0.1, 0.15) is 83.8 Å². The fraction of sp³-hybridized carbons (Fsp3) is 0.581. The van der Waals surface area contributed by atoms with Gasteiger partial charge in [0.2, 0.25) is 11.6 Å². The highest BCUT2D eigenvalue weighted by molar-refractivity contribution is 6.03. The minimum absolute atomic E-state index is 0.0803. The number of rotatable bonds is 14. The van der Waals surface area contributed by atoms with E-state index in [-0.39, 0.29) is 29.4 Å². The van der Waals surface area contributed by atoms with Crippen molar-refractivity contribution >= 4 is 23.0 Å². The number of amides is 1. The molecule has 6 rings (SSSR count). The van der Waals surface area contributed by atoms with Crippen LogP contribution < -0.4 is 15.5 Å². The molecule has 0 aromatic heterocycles. The van der Waals surface area contributed by atoms with Gasteiger partial charge >= 0.3 is 0 Å². The third-order valence-corrected chi connectivity index (χ3v) is 12.0. The van der Waals surface area contributed by atoms with Crippen LogP contribution in [-0.2, 0) is 25.1 Å². The van der Waals surface area contributed by atoms with Crippen LogP contribution in [0.15, 0.2) is 72.5 Å². The standard InChI is InChI=1S/C43H60N4O7/c1-42(2)30-13-6-8-15-32(30)46(5)35(42)17-12-18-36-43(3,4)31-14-7-9-16-33(31)47(36)25-11-10-19-37(49)45-29-22-20-28(21-23-29)44-24-26-53-41-40(52)39(51)38(50)34(27-48)54-41/h6-9,12-18,28-29,34,38-41,44,48,50-52H,10-11,19-27H2,1-5H3/p+1. The quantitative estimate of drug-likeness (QED) is 0.125. The van der Waals surface area contributed by atoms with Gasteiger partial charge in [0.25, 0.3) is 0 Å². The van der Waals surface area contributed by atoms with Crippen molar-refractivity contribution in [1.82, 2.24) is 10.6 Å². The summed E-state index contributed by atoms with van der Waals surface area (Å²) < 4.78 is 13.3. The monoisotopic (exact) mass is 745 g/mol. The number of ether oxygens (including phenoxy) is 2. The fourth-order valence-corrected chi connectivity index (χ4v) is 8.85. The predicted octanol–water partition coefficient (Wildman–Crippen LogP) is 3.93. The van der Waals surface area contributed by atoms with Crippen molar-refractivity contribution in [3.05, 3.63) is 83.6 Å². The topological polar surface area (TPSA) is 147 Å². The summed E-state index contributed by atoms with van der Waals surface area (Å²) in [5.41, 5.74) is 7.50. The second-order valence-electron chi connectivity index (χ2n) is 16.4. The molecule has 11 nitrogen and oxygen atoms in total. The van der Waals surface area contributed by atoms with E-state index in [1.54, 1.807) is 0 Å². The van der Waals surface area contributed by atoms with Gasteiger partial charge in [0, 0.05) is 66.1 Å². The molecule has 0 radical (unpaired) electrons. The first-order valence-corrected chi connectivity index (χ1v) is 19.8. The number of unbranched alkanes of at least 4 members (excludes halogenated alkanes) is 1. The van der Waals surface area contributed by atoms with Gasteiger partial charge in [-0.2, -0.15) is 4.58 Å². The number of aliphatic hydroxyl groups is 4. The van der Waals surface area contributed by atoms with E-state index in [9.17, 15) is 25.2 Å². The van der Waals surface area contributed by atoms with Gasteiger partial charge in [-0.05, 0) is 70.1 Å². The van der Waals surface area contributed by atoms with Crippen LogP contribution in [0.25, 0.3) is 0 Å². The fourth-order valence-electron chi connectivity index (χ4n) is 8.85. The lowest BCUT2D eigenvalue weighted by molar-refractivity contribution is -0.401. The van der Waals surface area contributed by atoms with E-state index >= 15 is 0 Å². The second kappa shape index (κ2) is 17.2. The first-order valence-electron chi connectivity index (χ1n) is 19.8. The number of benzene rings is 2. The minimum Gasteiger partial charge on any atom is -0.394 e. The number of nitrogens with one attached hydrogen (secondary N) is 2. The molecule has 1 saturated carbocycles. The Balaban J connectivity index is 0.944. The van der Waals surface area contributed by atoms with E-state index in [2.05, 4.69) is 122 Å². The van der Waals surface area contributed by atoms with E-state index in [1.165, 1.54) is 33.9 Å². The molecule has 1 saturated heterocycles. The van der Waals surface area contributed by atoms with E-state index in [0.29, 0.717) is 19.0 Å². The summed E-state index contributed by atoms with van der Waals surface area (Å²) in [6.07, 6.45) is 6.28. The zero-order valence-electron chi connectivity index (χ0n) is 32.6. The molecular formula is C43H61N4O7+. The molecule has 0 bridgehead atoms. The Bertz CT molecular complexity index is 1710. The van der Waals surface area contributed by atoms with E-state index in [0.717, 1.165) is 45.1 Å². The molecule has 3 aliphatic heterocycles. The summed E-state index contributed by atoms with van der Waals surface area (Å²) in [6, 6.07) is 17.8. The highest BCUT2D eigenvalue weighted by atomic mass is 16.7. The van der Waals surface area contributed by atoms with Crippen molar-refractivity contribution in [3.63, 3.8) is 0 Å². The van der Waals surface area contributed by atoms with Crippen molar-refractivity contribution < 1.29 is 39.3 Å². The number of carbonyl (C=O) groups is 1. The van der Waals surface area contributed by atoms with Gasteiger partial charge < -0.3 is 45.4 Å². The number of carbonyl (C=O) groups excluding carboxylic acids is 1. The SMILES string of the molecule is C[N+]1=C(/C=C/C=C2/N(CCCCC(=O)NC3CCC(NCCOC4OC(CO)C(O)C(O)C4O)CC3)c3ccccc3C2(C)C)C(C)(C)c2ccccc21. The molecule has 11 heteroatoms. The van der Waals surface area contributed by atoms with E-state index in [4.69, 9.17) is 9.47 Å². The first kappa shape index (κ1) is 40.2. The van der Waals surface area contributed by atoms with Crippen LogP contribution in [0.5, 0.6) is 0 Å². The maximum atomic E-state index is 13.0. The van der Waals surface area contributed by atoms with E-state index in [1.807, 2.05) is 0 Å². The van der Waals surface area contributed by atoms with E-state index < -0.39 is 37.3 Å². The molecule has 5 unspecified atom stereocenters. The normalized spacial score (nSPS) is 29.5. The van der Waals surface area contributed by atoms with Crippen molar-refractivity contribution in [2.24, 2.45) is 0 Å². The van der Waals surface area contributed by atoms with Gasteiger partial charge in [-0.3, -0.25) is 4.79 Å². The third kappa shape index (κ3) is 8.38. The molecule has 0 spiro atoms. The Kier molecular flexibility index (Phi) is 12.8. The molecule has 2 aromatic carbocycles. The largest absolute Gasteiger partial charge is 0.394 e. The molecule has 1 amide bonds. The Morgan fingerprint density at radius 3 is 2.33 bits per heavy atom. The molecule has 54 heavy (non-hydrogen) atoms. The number of allylic oxidation sites excluding steroid dienone is 4. The Morgan fingerprint density at radius 1 is 0.926 bits per heavy atom. The van der Waals surface area contributed by atoms with Crippen molar-refractivity contribution in [3.8, 4) is 0 Å². The summed E-state index contributed by atoms with van der Waals surface area (Å²) in [5.74, 6) is 0.113. The van der Waals surface area contributed by atoms with Crippen LogP contribution in [-0.4, -0.2) is 113 Å². The summed E-state index contributed by atoms with van der Waals surface area (Å²) in [5, 5.41) is 46.1. The number of hydrogen-bond acceptors (Lipinski definition) is 9. The van der Waals surface area contributed by atoms with Crippen LogP contribution in [0.2, 0.25) is 0 Å². The molecule has 3 heterocycles. The molecule has 5 atom stereocenters. The number of aliphatic hydroxyl groups excluding tert-OH is 4. The molecule has 2 fully saturated rings. The Hall–Kier alpha value is -3.42. The smallest absolute Gasteiger partial charge is 0.220 e. The average Bonchev–Trinajstić information content (AvgIpc) is 3.50. The van der Waals surface area contributed by atoms with Gasteiger partial charge in [0.05, 0.1) is 18.6 Å². The van der Waals surface area contributed by atoms with Gasteiger partial charge in [-0.1, -0.05) is 56.3 Å². The van der Waals surface area contributed by atoms with Crippen molar-refractivity contribution in [2.45, 2.75) is 126 Å². The van der Waals surface area contributed by atoms with Gasteiger partial charge in [-0.25, -0.2) is 0 Å². The van der Waals surface area contributed by atoms with Gasteiger partial charge in [-0.15, -0.1) is 0 Å². The Labute approximate surface area is 320 Å². The number of para-hydroxylation sites is 2. The lowest BCUT2D eigenvalue weighted by Crippen LogP contribution is -2.59. The number of nitrogens with zero attached hydrogens (tertiary/aromatic N) is 2. The molecule has 294 valence electrons. The number of fused-ring (bicyclic) bond motifs is 2. The summed E-state index contributed by atoms with van der Waals surface area (Å²) in [6.45, 7) is 10.3. The minimum atomic E-state index is -1.45. The lowest BCUT2D eigenvalue weighted by atomic mass is 9.81. The van der Waals surface area contributed by atoms with Gasteiger partial charge in [0.15, 0.2) is 12.0 Å². The highest BCUT2D eigenvalue weighted by Crippen LogP contribution is 2.48. The lowest BCUT2D eigenvalue weighted by Gasteiger charge is -2.39. The maximum Gasteiger partial charge on any atom is 0.220 e. The molecule has 1 aliphatic carbocycles. The maximum absolute atomic E-state index is 13.0. The summed E-state index contributed by atoms with van der Waals surface area (Å²) in [7, 11) is 2.15. The predicted molar refractivity (Wildman–Crippen MR) is 210 cm³/mol. The van der Waals surface area contributed by atoms with Crippen LogP contribution in [0.4, 0.5) is 11.4 Å².